The number of hydrogen-bond donors (Lipinski definition) is 12. The standard InChI is InChI=1S/C43H54O22/c1-5-43(4,57)12-6-7-17(2)39(56)63-36-27(48)18(3)58-41(34(36)55)59-21-13-22(47)26-23(14-21)60-35(19-8-10-20(46)11-9-19)37(30(26)51)64-42-38(32(53)29(50)25(16-45)62-42)65-40-33(54)31(52)28(49)24(15-44)61-40/h5,7-11,13-14,18,24-25,27-29,31-34,36,38,40-42,44-50,52-55,57H,1,6,12,15-16H2,2-4H3/t18-,24+,25+,27-,28+,29+,31-,32-,33+,34+,36+,38+,40-,41-,42-,43-/m0/s1. The van der Waals surface area contributed by atoms with E-state index in [1.807, 2.05) is 0 Å². The molecule has 0 spiro atoms. The Kier molecular flexibility index (Phi) is 15.6. The van der Waals surface area contributed by atoms with E-state index in [0.29, 0.717) is 0 Å². The van der Waals surface area contributed by atoms with E-state index in [9.17, 15) is 70.9 Å². The van der Waals surface area contributed by atoms with E-state index in [1.165, 1.54) is 50.3 Å². The molecule has 2 aromatic carbocycles. The number of esters is 1. The van der Waals surface area contributed by atoms with Crippen LogP contribution in [0.25, 0.3) is 22.3 Å². The lowest BCUT2D eigenvalue weighted by Crippen LogP contribution is -2.65. The smallest absolute Gasteiger partial charge is 0.333 e. The highest BCUT2D eigenvalue weighted by Crippen LogP contribution is 2.39. The van der Waals surface area contributed by atoms with E-state index in [4.69, 9.17) is 37.6 Å². The number of rotatable bonds is 15. The molecule has 0 unspecified atom stereocenters. The summed E-state index contributed by atoms with van der Waals surface area (Å²) in [4.78, 5) is 27.4. The number of phenols is 2. The summed E-state index contributed by atoms with van der Waals surface area (Å²) in [6.45, 7) is 6.25. The van der Waals surface area contributed by atoms with Crippen LogP contribution in [0.1, 0.15) is 33.6 Å². The van der Waals surface area contributed by atoms with E-state index < -0.39 is 145 Å². The van der Waals surface area contributed by atoms with Gasteiger partial charge in [0.2, 0.25) is 23.8 Å². The van der Waals surface area contributed by atoms with Gasteiger partial charge in [0.05, 0.1) is 24.9 Å². The van der Waals surface area contributed by atoms with E-state index >= 15 is 0 Å². The number of hydrogen-bond acceptors (Lipinski definition) is 22. The van der Waals surface area contributed by atoms with Crippen LogP contribution in [-0.2, 0) is 28.5 Å². The maximum atomic E-state index is 14.4. The summed E-state index contributed by atoms with van der Waals surface area (Å²) in [5.41, 5.74) is -2.44. The van der Waals surface area contributed by atoms with Crippen molar-refractivity contribution in [2.45, 2.75) is 131 Å². The molecule has 22 nitrogen and oxygen atoms in total. The molecule has 0 saturated carbocycles. The number of ether oxygens (including phenoxy) is 7. The molecule has 3 aliphatic rings. The number of aliphatic hydroxyl groups is 10. The molecule has 16 atom stereocenters. The highest BCUT2D eigenvalue weighted by Gasteiger charge is 2.52. The number of carbonyl (C=O) groups excluding carboxylic acids is 1. The second kappa shape index (κ2) is 20.4. The lowest BCUT2D eigenvalue weighted by atomic mass is 9.97. The molecule has 358 valence electrons. The zero-order valence-corrected chi connectivity index (χ0v) is 35.3. The maximum Gasteiger partial charge on any atom is 0.333 e. The van der Waals surface area contributed by atoms with Gasteiger partial charge in [-0.05, 0) is 57.9 Å². The Balaban J connectivity index is 1.33. The first-order chi connectivity index (χ1) is 30.7. The molecular weight excluding hydrogens is 868 g/mol. The molecule has 0 aliphatic carbocycles. The number of fused-ring (bicyclic) bond motifs is 1. The summed E-state index contributed by atoms with van der Waals surface area (Å²) in [5, 5.41) is 126. The molecule has 65 heavy (non-hydrogen) atoms. The van der Waals surface area contributed by atoms with Crippen LogP contribution in [0.4, 0.5) is 0 Å². The maximum absolute atomic E-state index is 14.4. The van der Waals surface area contributed by atoms with Crippen molar-refractivity contribution in [3.05, 3.63) is 70.9 Å². The average Bonchev–Trinajstić information content (AvgIpc) is 3.27. The van der Waals surface area contributed by atoms with Crippen molar-refractivity contribution in [2.24, 2.45) is 0 Å². The highest BCUT2D eigenvalue weighted by atomic mass is 16.8. The Morgan fingerprint density at radius 2 is 1.43 bits per heavy atom. The second-order valence-corrected chi connectivity index (χ2v) is 16.2. The van der Waals surface area contributed by atoms with Gasteiger partial charge in [-0.25, -0.2) is 4.79 Å². The van der Waals surface area contributed by atoms with Gasteiger partial charge in [0.15, 0.2) is 30.4 Å². The van der Waals surface area contributed by atoms with Gasteiger partial charge in [-0.1, -0.05) is 12.2 Å². The molecule has 22 heteroatoms. The van der Waals surface area contributed by atoms with Crippen molar-refractivity contribution in [3.8, 4) is 34.3 Å². The van der Waals surface area contributed by atoms with Crippen molar-refractivity contribution in [3.63, 3.8) is 0 Å². The Morgan fingerprint density at radius 3 is 2.06 bits per heavy atom. The Bertz CT molecular complexity index is 2220. The second-order valence-electron chi connectivity index (χ2n) is 16.2. The van der Waals surface area contributed by atoms with Crippen molar-refractivity contribution in [2.75, 3.05) is 13.2 Å². The van der Waals surface area contributed by atoms with Crippen molar-refractivity contribution >= 4 is 16.9 Å². The summed E-state index contributed by atoms with van der Waals surface area (Å²) < 4.78 is 46.1. The Labute approximate surface area is 369 Å². The highest BCUT2D eigenvalue weighted by molar-refractivity contribution is 5.89. The molecule has 6 rings (SSSR count). The first kappa shape index (κ1) is 49.7. The normalized spacial score (nSPS) is 34.1. The molecule has 0 radical (unpaired) electrons. The Hall–Kier alpha value is -4.76. The van der Waals surface area contributed by atoms with E-state index in [1.54, 1.807) is 6.92 Å². The summed E-state index contributed by atoms with van der Waals surface area (Å²) >= 11 is 0. The van der Waals surface area contributed by atoms with Crippen LogP contribution < -0.4 is 14.9 Å². The van der Waals surface area contributed by atoms with Crippen LogP contribution in [0.2, 0.25) is 0 Å². The molecule has 3 aromatic rings. The fourth-order valence-corrected chi connectivity index (χ4v) is 7.33. The number of benzene rings is 2. The van der Waals surface area contributed by atoms with Gasteiger partial charge in [0.25, 0.3) is 0 Å². The van der Waals surface area contributed by atoms with Crippen LogP contribution in [0, 0.1) is 0 Å². The van der Waals surface area contributed by atoms with E-state index in [2.05, 4.69) is 6.58 Å². The van der Waals surface area contributed by atoms with E-state index in [-0.39, 0.29) is 41.1 Å². The van der Waals surface area contributed by atoms with Crippen molar-refractivity contribution < 1.29 is 104 Å². The summed E-state index contributed by atoms with van der Waals surface area (Å²) in [6.07, 6.45) is -22.7. The summed E-state index contributed by atoms with van der Waals surface area (Å²) in [5.74, 6) is -3.26. The molecule has 0 amide bonds. The average molecular weight is 923 g/mol. The zero-order chi connectivity index (χ0) is 47.7. The Morgan fingerprint density at radius 1 is 0.800 bits per heavy atom. The number of carbonyl (C=O) groups is 1. The first-order valence-corrected chi connectivity index (χ1v) is 20.5. The number of phenolic OH excluding ortho intramolecular Hbond substituents is 2. The van der Waals surface area contributed by atoms with Crippen LogP contribution in [-0.4, -0.2) is 178 Å². The van der Waals surface area contributed by atoms with Crippen LogP contribution in [0.15, 0.2) is 69.9 Å². The van der Waals surface area contributed by atoms with Crippen LogP contribution in [0.5, 0.6) is 23.0 Å². The predicted octanol–water partition coefficient (Wildman–Crippen LogP) is -1.71. The first-order valence-electron chi connectivity index (χ1n) is 20.5. The third-order valence-corrected chi connectivity index (χ3v) is 11.4. The van der Waals surface area contributed by atoms with Gasteiger partial charge in [0.1, 0.15) is 77.0 Å². The fraction of sp³-hybridized carbons (Fsp3) is 0.535. The van der Waals surface area contributed by atoms with Crippen LogP contribution >= 0.6 is 0 Å². The third-order valence-electron chi connectivity index (χ3n) is 11.4. The van der Waals surface area contributed by atoms with E-state index in [0.717, 1.165) is 12.1 Å². The monoisotopic (exact) mass is 922 g/mol. The van der Waals surface area contributed by atoms with Crippen molar-refractivity contribution in [1.29, 1.82) is 0 Å². The lowest BCUT2D eigenvalue weighted by molar-refractivity contribution is -0.358. The SMILES string of the molecule is C=C[C@](C)(O)CCC=C(C)C(=O)O[C@@H]1[C@@H](O)[C@H](C)O[C@@H](Oc2cc(O)c3c(=O)c(O[C@@H]4O[C@H](CO)[C@@H](O)[C@H](O)[C@H]4O[C@@H]4O[C@H](CO)[C@@H](O)[C@H](O)[C@H]4O)c(-c4ccc(O)cc4)oc3c2)[C@@H]1O. The fourth-order valence-electron chi connectivity index (χ4n) is 7.33. The third kappa shape index (κ3) is 10.6. The van der Waals surface area contributed by atoms with Crippen LogP contribution in [0.3, 0.4) is 0 Å². The quantitative estimate of drug-likeness (QED) is 0.0459. The number of allylic oxidation sites excluding steroid dienone is 1. The molecule has 4 heterocycles. The molecule has 12 N–H and O–H groups in total. The molecular formula is C43H54O22. The minimum absolute atomic E-state index is 0.0676. The molecule has 3 saturated heterocycles. The zero-order valence-electron chi connectivity index (χ0n) is 35.3. The summed E-state index contributed by atoms with van der Waals surface area (Å²) in [7, 11) is 0. The topological polar surface area (TPSA) is 355 Å². The lowest BCUT2D eigenvalue weighted by Gasteiger charge is -2.45. The number of aliphatic hydroxyl groups excluding tert-OH is 9. The molecule has 3 aliphatic heterocycles. The minimum atomic E-state index is -2.02. The van der Waals surface area contributed by atoms with Gasteiger partial charge in [-0.15, -0.1) is 6.58 Å². The largest absolute Gasteiger partial charge is 0.508 e. The molecule has 3 fully saturated rings. The van der Waals surface area contributed by atoms with Gasteiger partial charge >= 0.3 is 5.97 Å². The predicted molar refractivity (Wildman–Crippen MR) is 219 cm³/mol. The van der Waals surface area contributed by atoms with Gasteiger partial charge in [-0.3, -0.25) is 4.79 Å². The van der Waals surface area contributed by atoms with Gasteiger partial charge in [-0.2, -0.15) is 0 Å². The van der Waals surface area contributed by atoms with Gasteiger partial charge in [0, 0.05) is 23.3 Å². The molecule has 0 bridgehead atoms. The molecule has 1 aromatic heterocycles. The van der Waals surface area contributed by atoms with Gasteiger partial charge < -0.3 is 98.9 Å². The summed E-state index contributed by atoms with van der Waals surface area (Å²) in [6, 6.07) is 7.17. The minimum Gasteiger partial charge on any atom is -0.508 e. The van der Waals surface area contributed by atoms with Crippen molar-refractivity contribution in [1.82, 2.24) is 0 Å². The number of aromatic hydroxyl groups is 2.